The third-order valence-corrected chi connectivity index (χ3v) is 5.10. The number of ether oxygens (including phenoxy) is 1. The van der Waals surface area contributed by atoms with E-state index in [0.29, 0.717) is 5.92 Å². The maximum atomic E-state index is 5.42. The highest BCUT2D eigenvalue weighted by atomic mass is 16.5. The second kappa shape index (κ2) is 7.36. The van der Waals surface area contributed by atoms with Crippen molar-refractivity contribution in [2.75, 3.05) is 37.7 Å². The molecule has 0 radical (unpaired) electrons. The van der Waals surface area contributed by atoms with Gasteiger partial charge in [0.05, 0.1) is 13.2 Å². The summed E-state index contributed by atoms with van der Waals surface area (Å²) in [4.78, 5) is 6.93. The predicted octanol–water partition coefficient (Wildman–Crippen LogP) is 2.39. The van der Waals surface area contributed by atoms with E-state index in [4.69, 9.17) is 4.74 Å². The predicted molar refractivity (Wildman–Crippen MR) is 95.4 cm³/mol. The number of nitrogens with zero attached hydrogens (tertiary/aromatic N) is 3. The molecule has 1 aromatic heterocycles. The van der Waals surface area contributed by atoms with Crippen molar-refractivity contribution in [3.05, 3.63) is 48.0 Å². The standard InChI is InChI=1S/C19H26N4O/c1-2-17(19-21-7-9-23(19)8-1)15-20-14-16-3-5-18(6-4-16)22-10-12-24-13-11-22/h3-7,9,17,20H,1-2,8,10-15H2/t17-/m0/s1. The Kier molecular flexibility index (Phi) is 4.81. The van der Waals surface area contributed by atoms with E-state index >= 15 is 0 Å². The molecule has 0 saturated carbocycles. The fraction of sp³-hybridized carbons (Fsp3) is 0.526. The molecule has 1 aromatic carbocycles. The summed E-state index contributed by atoms with van der Waals surface area (Å²) in [5.41, 5.74) is 2.64. The first-order valence-electron chi connectivity index (χ1n) is 9.03. The zero-order chi connectivity index (χ0) is 16.2. The minimum Gasteiger partial charge on any atom is -0.378 e. The molecule has 5 heteroatoms. The summed E-state index contributed by atoms with van der Waals surface area (Å²) in [5.74, 6) is 1.79. The Labute approximate surface area is 143 Å². The van der Waals surface area contributed by atoms with Gasteiger partial charge < -0.3 is 19.5 Å². The number of hydrogen-bond acceptors (Lipinski definition) is 4. The van der Waals surface area contributed by atoms with Gasteiger partial charge in [0.1, 0.15) is 5.82 Å². The molecule has 2 aromatic rings. The van der Waals surface area contributed by atoms with Gasteiger partial charge in [0.2, 0.25) is 0 Å². The van der Waals surface area contributed by atoms with Gasteiger partial charge in [-0.15, -0.1) is 0 Å². The highest BCUT2D eigenvalue weighted by Crippen LogP contribution is 2.25. The molecule has 4 rings (SSSR count). The minimum atomic E-state index is 0.543. The van der Waals surface area contributed by atoms with Crippen LogP contribution in [0.2, 0.25) is 0 Å². The van der Waals surface area contributed by atoms with Gasteiger partial charge in [-0.2, -0.15) is 0 Å². The number of aromatic nitrogens is 2. The molecule has 2 aliphatic rings. The van der Waals surface area contributed by atoms with Crippen LogP contribution in [0.1, 0.15) is 30.1 Å². The number of benzene rings is 1. The molecule has 5 nitrogen and oxygen atoms in total. The van der Waals surface area contributed by atoms with Crippen molar-refractivity contribution in [3.63, 3.8) is 0 Å². The molecule has 0 unspecified atom stereocenters. The van der Waals surface area contributed by atoms with Crippen molar-refractivity contribution < 1.29 is 4.74 Å². The topological polar surface area (TPSA) is 42.3 Å². The number of morpholine rings is 1. The largest absolute Gasteiger partial charge is 0.378 e. The number of hydrogen-bond donors (Lipinski definition) is 1. The number of nitrogens with one attached hydrogen (secondary N) is 1. The molecule has 3 heterocycles. The Morgan fingerprint density at radius 1 is 1.12 bits per heavy atom. The normalized spacial score (nSPS) is 20.8. The molecule has 2 aliphatic heterocycles. The number of anilines is 1. The van der Waals surface area contributed by atoms with Gasteiger partial charge in [-0.3, -0.25) is 0 Å². The lowest BCUT2D eigenvalue weighted by molar-refractivity contribution is 0.122. The Balaban J connectivity index is 1.29. The SMILES string of the molecule is c1cn2c(n1)[C@H](CNCc1ccc(N3CCOCC3)cc1)CCC2. The lowest BCUT2D eigenvalue weighted by atomic mass is 9.99. The summed E-state index contributed by atoms with van der Waals surface area (Å²) in [6.07, 6.45) is 6.52. The zero-order valence-electron chi connectivity index (χ0n) is 14.2. The Bertz CT molecular complexity index is 646. The average Bonchev–Trinajstić information content (AvgIpc) is 3.13. The number of rotatable bonds is 5. The molecule has 24 heavy (non-hydrogen) atoms. The van der Waals surface area contributed by atoms with E-state index in [1.807, 2.05) is 6.20 Å². The van der Waals surface area contributed by atoms with E-state index in [1.54, 1.807) is 0 Å². The average molecular weight is 326 g/mol. The van der Waals surface area contributed by atoms with E-state index < -0.39 is 0 Å². The number of aryl methyl sites for hydroxylation is 1. The molecule has 1 saturated heterocycles. The van der Waals surface area contributed by atoms with Crippen LogP contribution in [0.25, 0.3) is 0 Å². The summed E-state index contributed by atoms with van der Waals surface area (Å²) in [6, 6.07) is 8.94. The minimum absolute atomic E-state index is 0.543. The number of fused-ring (bicyclic) bond motifs is 1. The second-order valence-electron chi connectivity index (χ2n) is 6.71. The summed E-state index contributed by atoms with van der Waals surface area (Å²) < 4.78 is 7.71. The zero-order valence-corrected chi connectivity index (χ0v) is 14.2. The van der Waals surface area contributed by atoms with E-state index in [0.717, 1.165) is 45.9 Å². The van der Waals surface area contributed by atoms with Crippen molar-refractivity contribution in [2.24, 2.45) is 0 Å². The molecular weight excluding hydrogens is 300 g/mol. The summed E-state index contributed by atoms with van der Waals surface area (Å²) in [5, 5.41) is 3.61. The van der Waals surface area contributed by atoms with Crippen LogP contribution in [0, 0.1) is 0 Å². The fourth-order valence-electron chi connectivity index (χ4n) is 3.74. The van der Waals surface area contributed by atoms with Crippen molar-refractivity contribution in [3.8, 4) is 0 Å². The van der Waals surface area contributed by atoms with Crippen LogP contribution in [0.3, 0.4) is 0 Å². The molecule has 1 fully saturated rings. The third-order valence-electron chi connectivity index (χ3n) is 5.10. The molecule has 128 valence electrons. The van der Waals surface area contributed by atoms with E-state index in [9.17, 15) is 0 Å². The molecule has 0 spiro atoms. The molecule has 1 N–H and O–H groups in total. The Morgan fingerprint density at radius 3 is 2.79 bits per heavy atom. The maximum absolute atomic E-state index is 5.42. The molecule has 0 bridgehead atoms. The first kappa shape index (κ1) is 15.7. The number of imidazole rings is 1. The lowest BCUT2D eigenvalue weighted by Gasteiger charge is -2.29. The van der Waals surface area contributed by atoms with Crippen LogP contribution in [-0.4, -0.2) is 42.4 Å². The van der Waals surface area contributed by atoms with Crippen LogP contribution in [0.4, 0.5) is 5.69 Å². The Morgan fingerprint density at radius 2 is 1.96 bits per heavy atom. The van der Waals surface area contributed by atoms with Gasteiger partial charge in [0.15, 0.2) is 0 Å². The van der Waals surface area contributed by atoms with E-state index in [2.05, 4.69) is 50.2 Å². The van der Waals surface area contributed by atoms with Crippen LogP contribution < -0.4 is 10.2 Å². The van der Waals surface area contributed by atoms with Crippen LogP contribution >= 0.6 is 0 Å². The Hall–Kier alpha value is -1.85. The first-order valence-corrected chi connectivity index (χ1v) is 9.03. The quantitative estimate of drug-likeness (QED) is 0.916. The third kappa shape index (κ3) is 3.47. The first-order chi connectivity index (χ1) is 11.9. The maximum Gasteiger partial charge on any atom is 0.113 e. The van der Waals surface area contributed by atoms with Crippen molar-refractivity contribution in [2.45, 2.75) is 31.8 Å². The molecular formula is C19H26N4O. The van der Waals surface area contributed by atoms with Crippen molar-refractivity contribution >= 4 is 5.69 Å². The monoisotopic (exact) mass is 326 g/mol. The van der Waals surface area contributed by atoms with Crippen LogP contribution in [0.5, 0.6) is 0 Å². The molecule has 0 amide bonds. The highest BCUT2D eigenvalue weighted by molar-refractivity contribution is 5.47. The lowest BCUT2D eigenvalue weighted by Crippen LogP contribution is -2.36. The van der Waals surface area contributed by atoms with Crippen molar-refractivity contribution in [1.82, 2.24) is 14.9 Å². The van der Waals surface area contributed by atoms with Crippen molar-refractivity contribution in [1.29, 1.82) is 0 Å². The van der Waals surface area contributed by atoms with Gasteiger partial charge in [0.25, 0.3) is 0 Å². The van der Waals surface area contributed by atoms with Gasteiger partial charge in [0, 0.05) is 56.7 Å². The summed E-state index contributed by atoms with van der Waals surface area (Å²) >= 11 is 0. The summed E-state index contributed by atoms with van der Waals surface area (Å²) in [6.45, 7) is 6.69. The van der Waals surface area contributed by atoms with Gasteiger partial charge >= 0.3 is 0 Å². The molecule has 0 aliphatic carbocycles. The van der Waals surface area contributed by atoms with Gasteiger partial charge in [-0.25, -0.2) is 4.98 Å². The highest BCUT2D eigenvalue weighted by Gasteiger charge is 2.20. The second-order valence-corrected chi connectivity index (χ2v) is 6.71. The van der Waals surface area contributed by atoms with Gasteiger partial charge in [-0.05, 0) is 30.5 Å². The van der Waals surface area contributed by atoms with Gasteiger partial charge in [-0.1, -0.05) is 12.1 Å². The van der Waals surface area contributed by atoms with E-state index in [-0.39, 0.29) is 0 Å². The van der Waals surface area contributed by atoms with Crippen LogP contribution in [-0.2, 0) is 17.8 Å². The van der Waals surface area contributed by atoms with E-state index in [1.165, 1.54) is 29.9 Å². The fourth-order valence-corrected chi connectivity index (χ4v) is 3.74. The summed E-state index contributed by atoms with van der Waals surface area (Å²) in [7, 11) is 0. The molecule has 1 atom stereocenters. The van der Waals surface area contributed by atoms with Crippen LogP contribution in [0.15, 0.2) is 36.7 Å². The smallest absolute Gasteiger partial charge is 0.113 e.